The minimum atomic E-state index is -0.0238. The molecule has 0 radical (unpaired) electrons. The van der Waals surface area contributed by atoms with E-state index in [0.717, 1.165) is 23.6 Å². The van der Waals surface area contributed by atoms with E-state index in [9.17, 15) is 4.79 Å². The fourth-order valence-electron chi connectivity index (χ4n) is 2.43. The van der Waals surface area contributed by atoms with Crippen LogP contribution in [0.1, 0.15) is 60.8 Å². The third-order valence-corrected chi connectivity index (χ3v) is 4.27. The summed E-state index contributed by atoms with van der Waals surface area (Å²) in [5.74, 6) is 2.28. The Morgan fingerprint density at radius 3 is 2.92 bits per heavy atom. The lowest BCUT2D eigenvalue weighted by Gasteiger charge is -2.12. The second-order valence-electron chi connectivity index (χ2n) is 6.41. The molecule has 1 aliphatic carbocycles. The van der Waals surface area contributed by atoms with Crippen LogP contribution < -0.4 is 10.6 Å². The summed E-state index contributed by atoms with van der Waals surface area (Å²) < 4.78 is 0. The molecule has 1 aromatic heterocycles. The van der Waals surface area contributed by atoms with Crippen LogP contribution in [-0.4, -0.2) is 21.9 Å². The van der Waals surface area contributed by atoms with Crippen LogP contribution >= 0.6 is 0 Å². The van der Waals surface area contributed by atoms with Gasteiger partial charge in [-0.15, -0.1) is 0 Å². The van der Waals surface area contributed by atoms with Crippen LogP contribution in [0.25, 0.3) is 0 Å². The number of nitrogens with zero attached hydrogens (tertiary/aromatic N) is 2. The first-order chi connectivity index (χ1) is 11.7. The molecule has 3 rings (SSSR count). The number of carbonyl (C=O) groups excluding carboxylic acids is 1. The molecule has 0 aliphatic heterocycles. The Morgan fingerprint density at radius 1 is 1.33 bits per heavy atom. The Morgan fingerprint density at radius 2 is 2.17 bits per heavy atom. The number of nitrogens with one attached hydrogen (secondary N) is 2. The zero-order valence-corrected chi connectivity index (χ0v) is 14.2. The van der Waals surface area contributed by atoms with E-state index >= 15 is 0 Å². The third kappa shape index (κ3) is 4.31. The fraction of sp³-hybridized carbons (Fsp3) is 0.421. The van der Waals surface area contributed by atoms with Gasteiger partial charge in [0.15, 0.2) is 0 Å². The van der Waals surface area contributed by atoms with Crippen molar-refractivity contribution in [3.63, 3.8) is 0 Å². The molecule has 5 heteroatoms. The highest BCUT2D eigenvalue weighted by Gasteiger charge is 2.26. The van der Waals surface area contributed by atoms with E-state index in [0.29, 0.717) is 18.0 Å². The molecule has 1 atom stereocenters. The molecule has 1 unspecified atom stereocenters. The number of amides is 1. The van der Waals surface area contributed by atoms with Gasteiger partial charge in [0.2, 0.25) is 0 Å². The summed E-state index contributed by atoms with van der Waals surface area (Å²) in [4.78, 5) is 21.1. The summed E-state index contributed by atoms with van der Waals surface area (Å²) in [6.07, 6.45) is 5.11. The van der Waals surface area contributed by atoms with Crippen molar-refractivity contribution in [3.05, 3.63) is 53.5 Å². The van der Waals surface area contributed by atoms with Crippen LogP contribution in [0.5, 0.6) is 0 Å². The van der Waals surface area contributed by atoms with Gasteiger partial charge in [-0.1, -0.05) is 19.1 Å². The molecule has 1 heterocycles. The first-order valence-electron chi connectivity index (χ1n) is 8.62. The molecule has 1 saturated carbocycles. The minimum absolute atomic E-state index is 0.0238. The van der Waals surface area contributed by atoms with Gasteiger partial charge in [-0.05, 0) is 49.9 Å². The molecular weight excluding hydrogens is 300 g/mol. The Bertz CT molecular complexity index is 712. The minimum Gasteiger partial charge on any atom is -0.366 e. The van der Waals surface area contributed by atoms with E-state index in [4.69, 9.17) is 0 Å². The van der Waals surface area contributed by atoms with Gasteiger partial charge in [0, 0.05) is 30.3 Å². The van der Waals surface area contributed by atoms with Gasteiger partial charge >= 0.3 is 0 Å². The summed E-state index contributed by atoms with van der Waals surface area (Å²) in [7, 11) is 0. The second kappa shape index (κ2) is 7.43. The van der Waals surface area contributed by atoms with Gasteiger partial charge in [0.1, 0.15) is 11.6 Å². The van der Waals surface area contributed by atoms with E-state index in [2.05, 4.69) is 27.5 Å². The summed E-state index contributed by atoms with van der Waals surface area (Å²) in [6, 6.07) is 9.76. The van der Waals surface area contributed by atoms with Crippen molar-refractivity contribution in [2.75, 3.05) is 5.32 Å². The summed E-state index contributed by atoms with van der Waals surface area (Å²) in [5, 5.41) is 6.31. The van der Waals surface area contributed by atoms with E-state index in [1.54, 1.807) is 6.20 Å². The maximum Gasteiger partial charge on any atom is 0.251 e. The highest BCUT2D eigenvalue weighted by molar-refractivity contribution is 5.94. The quantitative estimate of drug-likeness (QED) is 0.818. The van der Waals surface area contributed by atoms with Gasteiger partial charge < -0.3 is 10.6 Å². The van der Waals surface area contributed by atoms with Crippen molar-refractivity contribution in [2.24, 2.45) is 0 Å². The molecule has 0 saturated heterocycles. The lowest BCUT2D eigenvalue weighted by atomic mass is 10.1. The van der Waals surface area contributed by atoms with Gasteiger partial charge in [-0.3, -0.25) is 4.79 Å². The lowest BCUT2D eigenvalue weighted by Crippen LogP contribution is -2.31. The Balaban J connectivity index is 1.62. The highest BCUT2D eigenvalue weighted by Crippen LogP contribution is 2.38. The van der Waals surface area contributed by atoms with Gasteiger partial charge in [0.05, 0.1) is 0 Å². The van der Waals surface area contributed by atoms with Crippen LogP contribution in [0.15, 0.2) is 36.5 Å². The number of hydrogen-bond acceptors (Lipinski definition) is 4. The summed E-state index contributed by atoms with van der Waals surface area (Å²) in [5.41, 5.74) is 1.74. The van der Waals surface area contributed by atoms with Crippen LogP contribution in [0.3, 0.4) is 0 Å². The maximum atomic E-state index is 12.2. The maximum absolute atomic E-state index is 12.2. The fourth-order valence-corrected chi connectivity index (χ4v) is 2.43. The monoisotopic (exact) mass is 324 g/mol. The van der Waals surface area contributed by atoms with Crippen LogP contribution in [0, 0.1) is 0 Å². The SMILES string of the molecule is CCC(C)NC(=O)c1cccc(CNc2ccnc(C3CC3)n2)c1. The van der Waals surface area contributed by atoms with Crippen molar-refractivity contribution < 1.29 is 4.79 Å². The molecule has 126 valence electrons. The lowest BCUT2D eigenvalue weighted by molar-refractivity contribution is 0.0939. The number of anilines is 1. The molecule has 1 amide bonds. The first kappa shape index (κ1) is 16.4. The zero-order chi connectivity index (χ0) is 16.9. The molecule has 1 aromatic carbocycles. The Hall–Kier alpha value is -2.43. The van der Waals surface area contributed by atoms with E-state index in [1.807, 2.05) is 37.3 Å². The first-order valence-corrected chi connectivity index (χ1v) is 8.62. The van der Waals surface area contributed by atoms with Crippen molar-refractivity contribution in [2.45, 2.75) is 51.6 Å². The largest absolute Gasteiger partial charge is 0.366 e. The van der Waals surface area contributed by atoms with Crippen molar-refractivity contribution in [1.82, 2.24) is 15.3 Å². The van der Waals surface area contributed by atoms with Crippen molar-refractivity contribution in [1.29, 1.82) is 0 Å². The number of benzene rings is 1. The Kier molecular flexibility index (Phi) is 5.08. The van der Waals surface area contributed by atoms with Crippen LogP contribution in [-0.2, 0) is 6.54 Å². The van der Waals surface area contributed by atoms with Crippen molar-refractivity contribution >= 4 is 11.7 Å². The van der Waals surface area contributed by atoms with Gasteiger partial charge in [0.25, 0.3) is 5.91 Å². The topological polar surface area (TPSA) is 66.9 Å². The summed E-state index contributed by atoms with van der Waals surface area (Å²) in [6.45, 7) is 4.70. The predicted molar refractivity (Wildman–Crippen MR) is 95.0 cm³/mol. The normalized spacial score (nSPS) is 14.9. The molecule has 5 nitrogen and oxygen atoms in total. The van der Waals surface area contributed by atoms with Crippen molar-refractivity contribution in [3.8, 4) is 0 Å². The molecular formula is C19H24N4O. The number of aromatic nitrogens is 2. The van der Waals surface area contributed by atoms with Crippen LogP contribution in [0.4, 0.5) is 5.82 Å². The molecule has 1 fully saturated rings. The highest BCUT2D eigenvalue weighted by atomic mass is 16.1. The van der Waals surface area contributed by atoms with E-state index in [1.165, 1.54) is 12.8 Å². The molecule has 1 aliphatic rings. The average Bonchev–Trinajstić information content (AvgIpc) is 3.45. The second-order valence-corrected chi connectivity index (χ2v) is 6.41. The smallest absolute Gasteiger partial charge is 0.251 e. The van der Waals surface area contributed by atoms with Gasteiger partial charge in [-0.2, -0.15) is 0 Å². The number of hydrogen-bond donors (Lipinski definition) is 2. The third-order valence-electron chi connectivity index (χ3n) is 4.27. The molecule has 0 bridgehead atoms. The molecule has 2 aromatic rings. The molecule has 0 spiro atoms. The molecule has 2 N–H and O–H groups in total. The zero-order valence-electron chi connectivity index (χ0n) is 14.2. The van der Waals surface area contributed by atoms with E-state index in [-0.39, 0.29) is 11.9 Å². The number of carbonyl (C=O) groups is 1. The standard InChI is InChI=1S/C19H24N4O/c1-3-13(2)22-19(24)16-6-4-5-14(11-16)12-21-17-9-10-20-18(23-17)15-7-8-15/h4-6,9-11,13,15H,3,7-8,12H2,1-2H3,(H,22,24)(H,20,21,23). The molecule has 24 heavy (non-hydrogen) atoms. The van der Waals surface area contributed by atoms with Crippen LogP contribution in [0.2, 0.25) is 0 Å². The average molecular weight is 324 g/mol. The Labute approximate surface area is 142 Å². The predicted octanol–water partition coefficient (Wildman–Crippen LogP) is 3.49. The van der Waals surface area contributed by atoms with E-state index < -0.39 is 0 Å². The number of rotatable bonds is 7. The summed E-state index contributed by atoms with van der Waals surface area (Å²) >= 11 is 0. The van der Waals surface area contributed by atoms with Gasteiger partial charge in [-0.25, -0.2) is 9.97 Å².